The summed E-state index contributed by atoms with van der Waals surface area (Å²) in [6.45, 7) is 2.03. The molecule has 3 rings (SSSR count). The Balaban J connectivity index is 2.13. The maximum absolute atomic E-state index is 5.77. The predicted molar refractivity (Wildman–Crippen MR) is 68.2 cm³/mol. The molecule has 2 aromatic rings. The van der Waals surface area contributed by atoms with Crippen molar-refractivity contribution in [3.05, 3.63) is 36.0 Å². The van der Waals surface area contributed by atoms with Crippen LogP contribution in [0.5, 0.6) is 0 Å². The highest BCUT2D eigenvalue weighted by molar-refractivity contribution is 5.94. The predicted octanol–water partition coefficient (Wildman–Crippen LogP) is 2.13. The second kappa shape index (κ2) is 3.68. The number of aromatic nitrogens is 1. The fourth-order valence-corrected chi connectivity index (χ4v) is 2.28. The van der Waals surface area contributed by atoms with Gasteiger partial charge in [-0.2, -0.15) is 0 Å². The molecule has 16 heavy (non-hydrogen) atoms. The van der Waals surface area contributed by atoms with Crippen LogP contribution in [0.3, 0.4) is 0 Å². The first kappa shape index (κ1) is 9.48. The van der Waals surface area contributed by atoms with Crippen LogP contribution in [-0.4, -0.2) is 18.1 Å². The van der Waals surface area contributed by atoms with Crippen LogP contribution in [0.15, 0.2) is 30.5 Å². The van der Waals surface area contributed by atoms with Gasteiger partial charge in [-0.3, -0.25) is 0 Å². The lowest BCUT2D eigenvalue weighted by Crippen LogP contribution is -2.19. The molecule has 3 nitrogen and oxygen atoms in total. The molecule has 0 aliphatic carbocycles. The van der Waals surface area contributed by atoms with Gasteiger partial charge in [0.15, 0.2) is 0 Å². The van der Waals surface area contributed by atoms with Gasteiger partial charge in [-0.25, -0.2) is 0 Å². The Kier molecular flexibility index (Phi) is 2.18. The Morgan fingerprint density at radius 1 is 1.25 bits per heavy atom. The summed E-state index contributed by atoms with van der Waals surface area (Å²) in [6, 6.07) is 6.04. The lowest BCUT2D eigenvalue weighted by atomic mass is 10.00. The van der Waals surface area contributed by atoms with Crippen molar-refractivity contribution in [1.82, 2.24) is 10.3 Å². The molecule has 0 radical (unpaired) electrons. The Hall–Kier alpha value is -1.74. The molecule has 0 fully saturated rings. The van der Waals surface area contributed by atoms with Gasteiger partial charge in [0.2, 0.25) is 0 Å². The van der Waals surface area contributed by atoms with E-state index < -0.39 is 0 Å². The third-order valence-electron chi connectivity index (χ3n) is 3.12. The zero-order valence-electron chi connectivity index (χ0n) is 9.09. The van der Waals surface area contributed by atoms with Crippen LogP contribution in [0.25, 0.3) is 16.5 Å². The van der Waals surface area contributed by atoms with Gasteiger partial charge >= 0.3 is 0 Å². The molecule has 0 atom stereocenters. The molecule has 1 aromatic heterocycles. The normalized spacial score (nSPS) is 16.4. The zero-order valence-corrected chi connectivity index (χ0v) is 9.09. The van der Waals surface area contributed by atoms with Crippen molar-refractivity contribution >= 4 is 22.2 Å². The lowest BCUT2D eigenvalue weighted by Gasteiger charge is -2.13. The van der Waals surface area contributed by atoms with Crippen LogP contribution in [0, 0.1) is 0 Å². The van der Waals surface area contributed by atoms with Crippen LogP contribution >= 0.6 is 0 Å². The monoisotopic (exact) mass is 213 g/mol. The highest BCUT2D eigenvalue weighted by Crippen LogP contribution is 2.28. The average Bonchev–Trinajstić information content (AvgIpc) is 2.73. The molecule has 0 spiro atoms. The number of hydrogen-bond donors (Lipinski definition) is 3. The van der Waals surface area contributed by atoms with Crippen LogP contribution in [0.2, 0.25) is 0 Å². The summed E-state index contributed by atoms with van der Waals surface area (Å²) in [5.74, 6) is 0. The zero-order chi connectivity index (χ0) is 11.0. The van der Waals surface area contributed by atoms with Crippen molar-refractivity contribution in [2.24, 2.45) is 0 Å². The third kappa shape index (κ3) is 1.49. The van der Waals surface area contributed by atoms with Gasteiger partial charge in [0.05, 0.1) is 0 Å². The molecule has 2 heterocycles. The number of aromatic amines is 1. The molecular formula is C13H15N3. The van der Waals surface area contributed by atoms with Gasteiger partial charge in [-0.05, 0) is 30.7 Å². The van der Waals surface area contributed by atoms with E-state index in [9.17, 15) is 0 Å². The standard InChI is InChI=1S/C13H15N3/c14-10-1-2-11-12(8-16-13(11)7-10)9-3-5-15-6-4-9/h1-3,7-8,15-16H,4-6,14H2. The van der Waals surface area contributed by atoms with Crippen molar-refractivity contribution in [3.8, 4) is 0 Å². The van der Waals surface area contributed by atoms with E-state index in [1.165, 1.54) is 16.5 Å². The van der Waals surface area contributed by atoms with Crippen LogP contribution in [-0.2, 0) is 0 Å². The maximum Gasteiger partial charge on any atom is 0.0480 e. The summed E-state index contributed by atoms with van der Waals surface area (Å²) >= 11 is 0. The van der Waals surface area contributed by atoms with Gasteiger partial charge < -0.3 is 16.0 Å². The summed E-state index contributed by atoms with van der Waals surface area (Å²) in [5, 5.41) is 4.59. The number of H-pyrrole nitrogens is 1. The van der Waals surface area contributed by atoms with Crippen molar-refractivity contribution < 1.29 is 0 Å². The molecule has 1 aliphatic rings. The molecular weight excluding hydrogens is 198 g/mol. The van der Waals surface area contributed by atoms with E-state index in [0.29, 0.717) is 0 Å². The average molecular weight is 213 g/mol. The highest BCUT2D eigenvalue weighted by atomic mass is 14.8. The Morgan fingerprint density at radius 3 is 3.00 bits per heavy atom. The molecule has 82 valence electrons. The number of hydrogen-bond acceptors (Lipinski definition) is 2. The minimum absolute atomic E-state index is 0.806. The third-order valence-corrected chi connectivity index (χ3v) is 3.12. The summed E-state index contributed by atoms with van der Waals surface area (Å²) < 4.78 is 0. The molecule has 1 aliphatic heterocycles. The van der Waals surface area contributed by atoms with Gasteiger partial charge in [0.25, 0.3) is 0 Å². The van der Waals surface area contributed by atoms with Gasteiger partial charge in [-0.15, -0.1) is 0 Å². The van der Waals surface area contributed by atoms with Gasteiger partial charge in [0, 0.05) is 34.9 Å². The van der Waals surface area contributed by atoms with E-state index in [0.717, 1.165) is 30.7 Å². The van der Waals surface area contributed by atoms with Crippen LogP contribution in [0.1, 0.15) is 12.0 Å². The first-order chi connectivity index (χ1) is 7.84. The molecule has 0 bridgehead atoms. The van der Waals surface area contributed by atoms with Crippen molar-refractivity contribution in [2.75, 3.05) is 18.8 Å². The Morgan fingerprint density at radius 2 is 2.19 bits per heavy atom. The minimum atomic E-state index is 0.806. The topological polar surface area (TPSA) is 53.8 Å². The van der Waals surface area contributed by atoms with Gasteiger partial charge in [0.1, 0.15) is 0 Å². The van der Waals surface area contributed by atoms with E-state index in [1.807, 2.05) is 12.1 Å². The quantitative estimate of drug-likeness (QED) is 0.636. The second-order valence-electron chi connectivity index (χ2n) is 4.19. The summed E-state index contributed by atoms with van der Waals surface area (Å²) in [5.41, 5.74) is 10.4. The van der Waals surface area contributed by atoms with Crippen LogP contribution in [0.4, 0.5) is 5.69 Å². The first-order valence-electron chi connectivity index (χ1n) is 5.61. The smallest absolute Gasteiger partial charge is 0.0480 e. The SMILES string of the molecule is Nc1ccc2c(C3=CCNCC3)c[nH]c2c1. The number of nitrogens with two attached hydrogens (primary N) is 1. The minimum Gasteiger partial charge on any atom is -0.399 e. The number of nitrogen functional groups attached to an aromatic ring is 1. The molecule has 4 N–H and O–H groups in total. The van der Waals surface area contributed by atoms with Gasteiger partial charge in [-0.1, -0.05) is 12.1 Å². The molecule has 1 aromatic carbocycles. The molecule has 0 unspecified atom stereocenters. The van der Waals surface area contributed by atoms with E-state index in [2.05, 4.69) is 28.6 Å². The number of anilines is 1. The fourth-order valence-electron chi connectivity index (χ4n) is 2.28. The summed E-state index contributed by atoms with van der Waals surface area (Å²) in [4.78, 5) is 3.29. The largest absolute Gasteiger partial charge is 0.399 e. The number of nitrogens with one attached hydrogen (secondary N) is 2. The lowest BCUT2D eigenvalue weighted by molar-refractivity contribution is 0.739. The van der Waals surface area contributed by atoms with Crippen molar-refractivity contribution in [1.29, 1.82) is 0 Å². The van der Waals surface area contributed by atoms with Crippen LogP contribution < -0.4 is 11.1 Å². The molecule has 0 amide bonds. The van der Waals surface area contributed by atoms with E-state index >= 15 is 0 Å². The van der Waals surface area contributed by atoms with Crippen molar-refractivity contribution in [3.63, 3.8) is 0 Å². The maximum atomic E-state index is 5.77. The van der Waals surface area contributed by atoms with Crippen molar-refractivity contribution in [2.45, 2.75) is 6.42 Å². The Bertz CT molecular complexity index is 551. The molecule has 3 heteroatoms. The summed E-state index contributed by atoms with van der Waals surface area (Å²) in [6.07, 6.45) is 5.45. The van der Waals surface area contributed by atoms with E-state index in [-0.39, 0.29) is 0 Å². The highest BCUT2D eigenvalue weighted by Gasteiger charge is 2.10. The van der Waals surface area contributed by atoms with E-state index in [1.54, 1.807) is 0 Å². The van der Waals surface area contributed by atoms with E-state index in [4.69, 9.17) is 5.73 Å². The fraction of sp³-hybridized carbons (Fsp3) is 0.231. The molecule has 0 saturated carbocycles. The number of benzene rings is 1. The molecule has 0 saturated heterocycles. The Labute approximate surface area is 94.3 Å². The second-order valence-corrected chi connectivity index (χ2v) is 4.19. The number of rotatable bonds is 1. The first-order valence-corrected chi connectivity index (χ1v) is 5.61. The number of fused-ring (bicyclic) bond motifs is 1. The summed E-state index contributed by atoms with van der Waals surface area (Å²) in [7, 11) is 0.